The molecule has 0 saturated heterocycles. The van der Waals surface area contributed by atoms with Crippen molar-refractivity contribution < 1.29 is 19.1 Å². The van der Waals surface area contributed by atoms with Crippen LogP contribution in [0.1, 0.15) is 19.8 Å². The van der Waals surface area contributed by atoms with Crippen LogP contribution in [0, 0.1) is 0 Å². The summed E-state index contributed by atoms with van der Waals surface area (Å²) in [6, 6.07) is 5.23. The molecule has 2 amide bonds. The predicted octanol–water partition coefficient (Wildman–Crippen LogP) is 1.41. The molecule has 24 heavy (non-hydrogen) atoms. The minimum Gasteiger partial charge on any atom is -0.486 e. The first kappa shape index (κ1) is 20.1. The van der Waals surface area contributed by atoms with Crippen molar-refractivity contribution in [2.75, 3.05) is 38.2 Å². The number of benzene rings is 1. The minimum absolute atomic E-state index is 0. The van der Waals surface area contributed by atoms with E-state index in [0.717, 1.165) is 0 Å². The van der Waals surface area contributed by atoms with Gasteiger partial charge in [-0.15, -0.1) is 12.4 Å². The zero-order valence-electron chi connectivity index (χ0n) is 13.7. The third kappa shape index (κ3) is 5.58. The van der Waals surface area contributed by atoms with E-state index in [1.54, 1.807) is 18.2 Å². The molecule has 3 N–H and O–H groups in total. The third-order valence-corrected chi connectivity index (χ3v) is 3.49. The molecule has 1 heterocycles. The number of carbonyl (C=O) groups excluding carboxylic acids is 2. The number of amides is 2. The molecule has 0 radical (unpaired) electrons. The van der Waals surface area contributed by atoms with Crippen LogP contribution in [0.2, 0.25) is 0 Å². The Balaban J connectivity index is 0.00000288. The molecule has 2 rings (SSSR count). The lowest BCUT2D eigenvalue weighted by Gasteiger charge is -2.21. The highest BCUT2D eigenvalue weighted by molar-refractivity contribution is 5.94. The van der Waals surface area contributed by atoms with Crippen LogP contribution < -0.4 is 20.5 Å². The lowest BCUT2D eigenvalue weighted by molar-refractivity contribution is -0.134. The number of anilines is 1. The molecule has 0 atom stereocenters. The smallest absolute Gasteiger partial charge is 0.243 e. The Labute approximate surface area is 147 Å². The maximum Gasteiger partial charge on any atom is 0.243 e. The number of likely N-dealkylation sites (N-methyl/N-ethyl adjacent to an activating group) is 1. The van der Waals surface area contributed by atoms with Crippen molar-refractivity contribution in [1.82, 2.24) is 4.90 Å². The van der Waals surface area contributed by atoms with Crippen LogP contribution in [0.3, 0.4) is 0 Å². The van der Waals surface area contributed by atoms with Crippen molar-refractivity contribution in [2.45, 2.75) is 19.8 Å². The van der Waals surface area contributed by atoms with Crippen LogP contribution in [-0.4, -0.2) is 49.6 Å². The van der Waals surface area contributed by atoms with Gasteiger partial charge >= 0.3 is 0 Å². The number of rotatable bonds is 7. The Morgan fingerprint density at radius 3 is 2.62 bits per heavy atom. The molecule has 0 unspecified atom stereocenters. The average Bonchev–Trinajstić information content (AvgIpc) is 2.57. The highest BCUT2D eigenvalue weighted by Gasteiger charge is 2.16. The van der Waals surface area contributed by atoms with E-state index < -0.39 is 0 Å². The van der Waals surface area contributed by atoms with Crippen LogP contribution in [-0.2, 0) is 9.59 Å². The molecule has 1 aromatic rings. The standard InChI is InChI=1S/C16H23N3O4.ClH/c1-2-19(16(21)4-3-7-17)11-15(20)18-12-5-6-13-14(10-12)23-9-8-22-13;/h5-6,10H,2-4,7-9,11,17H2,1H3,(H,18,20);1H. The Hall–Kier alpha value is -1.99. The summed E-state index contributed by atoms with van der Waals surface area (Å²) in [5, 5.41) is 2.77. The number of nitrogens with zero attached hydrogens (tertiary/aromatic N) is 1. The summed E-state index contributed by atoms with van der Waals surface area (Å²) in [5.41, 5.74) is 6.02. The Morgan fingerprint density at radius 2 is 1.96 bits per heavy atom. The second kappa shape index (κ2) is 10.00. The quantitative estimate of drug-likeness (QED) is 0.769. The molecular formula is C16H24ClN3O4. The van der Waals surface area contributed by atoms with Gasteiger partial charge in [-0.3, -0.25) is 9.59 Å². The fourth-order valence-electron chi connectivity index (χ4n) is 2.28. The van der Waals surface area contributed by atoms with Gasteiger partial charge in [-0.05, 0) is 32.0 Å². The molecule has 1 aliphatic heterocycles. The van der Waals surface area contributed by atoms with E-state index in [9.17, 15) is 9.59 Å². The van der Waals surface area contributed by atoms with Gasteiger partial charge in [0.1, 0.15) is 13.2 Å². The second-order valence-electron chi connectivity index (χ2n) is 5.21. The molecule has 1 aliphatic rings. The summed E-state index contributed by atoms with van der Waals surface area (Å²) >= 11 is 0. The molecule has 134 valence electrons. The van der Waals surface area contributed by atoms with Crippen molar-refractivity contribution >= 4 is 29.9 Å². The molecule has 0 saturated carbocycles. The van der Waals surface area contributed by atoms with Gasteiger partial charge in [0.25, 0.3) is 0 Å². The van der Waals surface area contributed by atoms with Crippen LogP contribution in [0.4, 0.5) is 5.69 Å². The van der Waals surface area contributed by atoms with Gasteiger partial charge in [-0.1, -0.05) is 0 Å². The summed E-state index contributed by atoms with van der Waals surface area (Å²) in [6.45, 7) is 3.83. The monoisotopic (exact) mass is 357 g/mol. The van der Waals surface area contributed by atoms with Crippen LogP contribution in [0.5, 0.6) is 11.5 Å². The predicted molar refractivity (Wildman–Crippen MR) is 93.9 cm³/mol. The van der Waals surface area contributed by atoms with Gasteiger partial charge in [-0.25, -0.2) is 0 Å². The number of ether oxygens (including phenoxy) is 2. The normalized spacial score (nSPS) is 12.1. The maximum atomic E-state index is 12.1. The number of carbonyl (C=O) groups is 2. The van der Waals surface area contributed by atoms with Gasteiger partial charge < -0.3 is 25.4 Å². The summed E-state index contributed by atoms with van der Waals surface area (Å²) in [6.07, 6.45) is 0.987. The first-order valence-corrected chi connectivity index (χ1v) is 7.81. The summed E-state index contributed by atoms with van der Waals surface area (Å²) in [4.78, 5) is 25.6. The van der Waals surface area contributed by atoms with Gasteiger partial charge in [-0.2, -0.15) is 0 Å². The zero-order chi connectivity index (χ0) is 16.7. The van der Waals surface area contributed by atoms with E-state index in [-0.39, 0.29) is 30.8 Å². The van der Waals surface area contributed by atoms with Gasteiger partial charge in [0.05, 0.1) is 6.54 Å². The number of hydrogen-bond donors (Lipinski definition) is 2. The number of nitrogens with one attached hydrogen (secondary N) is 1. The van der Waals surface area contributed by atoms with E-state index >= 15 is 0 Å². The minimum atomic E-state index is -0.246. The van der Waals surface area contributed by atoms with Crippen molar-refractivity contribution in [3.05, 3.63) is 18.2 Å². The SMILES string of the molecule is CCN(CC(=O)Nc1ccc2c(c1)OCCO2)C(=O)CCCN.Cl. The van der Waals surface area contributed by atoms with Crippen molar-refractivity contribution in [1.29, 1.82) is 0 Å². The van der Waals surface area contributed by atoms with Gasteiger partial charge in [0.2, 0.25) is 11.8 Å². The molecule has 0 bridgehead atoms. The summed E-state index contributed by atoms with van der Waals surface area (Å²) < 4.78 is 10.9. The topological polar surface area (TPSA) is 93.9 Å². The number of halogens is 1. The molecule has 7 nitrogen and oxygen atoms in total. The third-order valence-electron chi connectivity index (χ3n) is 3.49. The van der Waals surface area contributed by atoms with E-state index in [1.807, 2.05) is 6.92 Å². The van der Waals surface area contributed by atoms with Gasteiger partial charge in [0.15, 0.2) is 11.5 Å². The molecule has 0 aliphatic carbocycles. The molecule has 8 heteroatoms. The molecule has 0 fully saturated rings. The van der Waals surface area contributed by atoms with E-state index in [2.05, 4.69) is 5.32 Å². The molecule has 0 aromatic heterocycles. The second-order valence-corrected chi connectivity index (χ2v) is 5.21. The fourth-order valence-corrected chi connectivity index (χ4v) is 2.28. The van der Waals surface area contributed by atoms with Crippen LogP contribution >= 0.6 is 12.4 Å². The maximum absolute atomic E-state index is 12.1. The zero-order valence-corrected chi connectivity index (χ0v) is 14.6. The highest BCUT2D eigenvalue weighted by Crippen LogP contribution is 2.32. The Bertz CT molecular complexity index is 568. The van der Waals surface area contributed by atoms with E-state index in [4.69, 9.17) is 15.2 Å². The first-order valence-electron chi connectivity index (χ1n) is 7.81. The van der Waals surface area contributed by atoms with E-state index in [1.165, 1.54) is 4.90 Å². The van der Waals surface area contributed by atoms with Crippen LogP contribution in [0.25, 0.3) is 0 Å². The molecule has 0 spiro atoms. The lowest BCUT2D eigenvalue weighted by atomic mass is 10.2. The largest absolute Gasteiger partial charge is 0.486 e. The molecular weight excluding hydrogens is 334 g/mol. The van der Waals surface area contributed by atoms with Gasteiger partial charge in [0, 0.05) is 24.7 Å². The average molecular weight is 358 g/mol. The van der Waals surface area contributed by atoms with Crippen molar-refractivity contribution in [3.8, 4) is 11.5 Å². The highest BCUT2D eigenvalue weighted by atomic mass is 35.5. The number of hydrogen-bond acceptors (Lipinski definition) is 5. The summed E-state index contributed by atoms with van der Waals surface area (Å²) in [7, 11) is 0. The molecule has 1 aromatic carbocycles. The number of fused-ring (bicyclic) bond motifs is 1. The fraction of sp³-hybridized carbons (Fsp3) is 0.500. The van der Waals surface area contributed by atoms with E-state index in [0.29, 0.717) is 56.3 Å². The Morgan fingerprint density at radius 1 is 1.25 bits per heavy atom. The number of nitrogens with two attached hydrogens (primary N) is 1. The summed E-state index contributed by atoms with van der Waals surface area (Å²) in [5.74, 6) is 0.974. The van der Waals surface area contributed by atoms with Crippen molar-refractivity contribution in [2.24, 2.45) is 5.73 Å². The first-order chi connectivity index (χ1) is 11.1. The lowest BCUT2D eigenvalue weighted by Crippen LogP contribution is -2.38. The van der Waals surface area contributed by atoms with Crippen LogP contribution in [0.15, 0.2) is 18.2 Å². The van der Waals surface area contributed by atoms with Crippen molar-refractivity contribution in [3.63, 3.8) is 0 Å². The Kier molecular flexibility index (Phi) is 8.35.